The maximum Gasteiger partial charge on any atom is 0.336 e. The Hall–Kier alpha value is -2.61. The van der Waals surface area contributed by atoms with Crippen LogP contribution in [-0.4, -0.2) is 11.1 Å². The van der Waals surface area contributed by atoms with Crippen molar-refractivity contribution in [2.45, 2.75) is 64.2 Å². The molecule has 2 aromatic carbocycles. The summed E-state index contributed by atoms with van der Waals surface area (Å²) in [5, 5.41) is 9.46. The van der Waals surface area contributed by atoms with Crippen molar-refractivity contribution in [1.29, 1.82) is 0 Å². The monoisotopic (exact) mass is 388 g/mol. The first-order valence-electron chi connectivity index (χ1n) is 10.5. The van der Waals surface area contributed by atoms with E-state index in [9.17, 15) is 9.90 Å². The first-order chi connectivity index (χ1) is 13.7. The Balaban J connectivity index is 1.70. The number of hydrogen-bond acceptors (Lipinski definition) is 1. The maximum atomic E-state index is 11.5. The third-order valence-corrected chi connectivity index (χ3v) is 6.23. The zero-order valence-electron chi connectivity index (χ0n) is 18.0. The Kier molecular flexibility index (Phi) is 6.12. The van der Waals surface area contributed by atoms with E-state index in [1.807, 2.05) is 36.4 Å². The number of rotatable bonds is 6. The summed E-state index contributed by atoms with van der Waals surface area (Å²) in [6.07, 6.45) is 9.91. The fourth-order valence-corrected chi connectivity index (χ4v) is 4.21. The van der Waals surface area contributed by atoms with E-state index in [1.54, 1.807) is 6.08 Å². The zero-order valence-corrected chi connectivity index (χ0v) is 18.0. The van der Waals surface area contributed by atoms with Gasteiger partial charge < -0.3 is 5.11 Å². The van der Waals surface area contributed by atoms with E-state index in [2.05, 4.69) is 52.0 Å². The van der Waals surface area contributed by atoms with Crippen molar-refractivity contribution in [2.75, 3.05) is 0 Å². The molecular weight excluding hydrogens is 356 g/mol. The van der Waals surface area contributed by atoms with Gasteiger partial charge in [-0.05, 0) is 64.8 Å². The van der Waals surface area contributed by atoms with Crippen molar-refractivity contribution < 1.29 is 9.90 Å². The maximum absolute atomic E-state index is 11.5. The van der Waals surface area contributed by atoms with Gasteiger partial charge in [-0.25, -0.2) is 4.79 Å². The van der Waals surface area contributed by atoms with Crippen molar-refractivity contribution in [3.63, 3.8) is 0 Å². The second kappa shape index (κ2) is 8.41. The summed E-state index contributed by atoms with van der Waals surface area (Å²) in [4.78, 5) is 11.5. The molecule has 0 spiro atoms. The lowest BCUT2D eigenvalue weighted by Gasteiger charge is -2.42. The molecule has 0 bridgehead atoms. The number of hydrogen-bond donors (Lipinski definition) is 1. The van der Waals surface area contributed by atoms with E-state index < -0.39 is 5.97 Å². The van der Waals surface area contributed by atoms with Gasteiger partial charge >= 0.3 is 5.97 Å². The first kappa shape index (κ1) is 21.1. The second-order valence-corrected chi connectivity index (χ2v) is 9.37. The van der Waals surface area contributed by atoms with Crippen molar-refractivity contribution in [2.24, 2.45) is 0 Å². The summed E-state index contributed by atoms with van der Waals surface area (Å²) in [6, 6.07) is 16.2. The molecule has 2 aromatic rings. The van der Waals surface area contributed by atoms with Crippen LogP contribution in [0.2, 0.25) is 0 Å². The van der Waals surface area contributed by atoms with Crippen LogP contribution in [0.4, 0.5) is 0 Å². The highest BCUT2D eigenvalue weighted by Crippen LogP contribution is 2.45. The van der Waals surface area contributed by atoms with E-state index in [1.165, 1.54) is 29.5 Å². The molecular formula is C27H32O2. The summed E-state index contributed by atoms with van der Waals surface area (Å²) in [6.45, 7) is 9.41. The molecule has 0 saturated heterocycles. The minimum Gasteiger partial charge on any atom is -0.478 e. The summed E-state index contributed by atoms with van der Waals surface area (Å²) in [5.41, 5.74) is 5.86. The summed E-state index contributed by atoms with van der Waals surface area (Å²) in [7, 11) is 0. The van der Waals surface area contributed by atoms with Gasteiger partial charge in [0, 0.05) is 0 Å². The second-order valence-electron chi connectivity index (χ2n) is 9.37. The van der Waals surface area contributed by atoms with E-state index in [4.69, 9.17) is 0 Å². The zero-order chi connectivity index (χ0) is 21.1. The molecule has 0 atom stereocenters. The number of allylic oxidation sites excluding steroid dienone is 3. The molecule has 152 valence electrons. The molecule has 3 rings (SSSR count). The Bertz CT molecular complexity index is 930. The highest BCUT2D eigenvalue weighted by molar-refractivity contribution is 6.15. The molecule has 2 nitrogen and oxygen atoms in total. The minimum atomic E-state index is -0.902. The van der Waals surface area contributed by atoms with Gasteiger partial charge in [0.25, 0.3) is 0 Å². The topological polar surface area (TPSA) is 37.3 Å². The molecule has 0 heterocycles. The van der Waals surface area contributed by atoms with Crippen molar-refractivity contribution in [3.05, 3.63) is 89.0 Å². The van der Waals surface area contributed by atoms with E-state index in [0.717, 1.165) is 18.4 Å². The van der Waals surface area contributed by atoms with Crippen LogP contribution in [-0.2, 0) is 22.0 Å². The number of aliphatic carboxylic acids is 1. The molecule has 1 aliphatic carbocycles. The number of carbonyl (C=O) groups is 1. The third kappa shape index (κ3) is 4.87. The van der Waals surface area contributed by atoms with Gasteiger partial charge in [0.1, 0.15) is 0 Å². The van der Waals surface area contributed by atoms with Crippen LogP contribution in [0.1, 0.15) is 69.2 Å². The van der Waals surface area contributed by atoms with Gasteiger partial charge in [0.15, 0.2) is 0 Å². The molecule has 0 unspecified atom stereocenters. The summed E-state index contributed by atoms with van der Waals surface area (Å²) in [5.74, 6) is -0.902. The normalized spacial score (nSPS) is 17.9. The van der Waals surface area contributed by atoms with Crippen LogP contribution < -0.4 is 0 Å². The van der Waals surface area contributed by atoms with Gasteiger partial charge in [-0.1, -0.05) is 88.4 Å². The van der Waals surface area contributed by atoms with E-state index in [-0.39, 0.29) is 10.8 Å². The molecule has 29 heavy (non-hydrogen) atoms. The molecule has 2 heteroatoms. The van der Waals surface area contributed by atoms with Crippen molar-refractivity contribution in [3.8, 4) is 0 Å². The Morgan fingerprint density at radius 1 is 0.966 bits per heavy atom. The molecule has 0 fully saturated rings. The first-order valence-corrected chi connectivity index (χ1v) is 10.5. The van der Waals surface area contributed by atoms with Crippen LogP contribution in [0.25, 0.3) is 5.57 Å². The molecule has 1 aliphatic rings. The fraction of sp³-hybridized carbons (Fsp3) is 0.370. The number of aryl methyl sites for hydroxylation is 1. The molecule has 0 aromatic heterocycles. The SMILES string of the molecule is CC1(C)CCC(C)(C)c2cc(CC/C=C\C=C(\C(=O)O)c3ccccc3)ccc21. The Morgan fingerprint density at radius 2 is 1.62 bits per heavy atom. The van der Waals surface area contributed by atoms with Crippen LogP contribution in [0.3, 0.4) is 0 Å². The van der Waals surface area contributed by atoms with Crippen LogP contribution in [0, 0.1) is 0 Å². The molecule has 0 aliphatic heterocycles. The highest BCUT2D eigenvalue weighted by atomic mass is 16.4. The largest absolute Gasteiger partial charge is 0.478 e. The van der Waals surface area contributed by atoms with Gasteiger partial charge in [-0.2, -0.15) is 0 Å². The predicted molar refractivity (Wildman–Crippen MR) is 121 cm³/mol. The van der Waals surface area contributed by atoms with Gasteiger partial charge in [-0.3, -0.25) is 0 Å². The van der Waals surface area contributed by atoms with Crippen LogP contribution in [0.15, 0.2) is 66.8 Å². The van der Waals surface area contributed by atoms with Gasteiger partial charge in [-0.15, -0.1) is 0 Å². The van der Waals surface area contributed by atoms with Crippen molar-refractivity contribution in [1.82, 2.24) is 0 Å². The van der Waals surface area contributed by atoms with Gasteiger partial charge in [0.2, 0.25) is 0 Å². The quantitative estimate of drug-likeness (QED) is 0.442. The lowest BCUT2D eigenvalue weighted by atomic mass is 9.63. The number of carboxylic acid groups (broad SMARTS) is 1. The van der Waals surface area contributed by atoms with Crippen molar-refractivity contribution >= 4 is 11.5 Å². The predicted octanol–water partition coefficient (Wildman–Crippen LogP) is 6.69. The number of carboxylic acids is 1. The van der Waals surface area contributed by atoms with Crippen LogP contribution >= 0.6 is 0 Å². The number of benzene rings is 2. The molecule has 0 radical (unpaired) electrons. The fourth-order valence-electron chi connectivity index (χ4n) is 4.21. The lowest BCUT2D eigenvalue weighted by Crippen LogP contribution is -2.33. The third-order valence-electron chi connectivity index (χ3n) is 6.23. The average Bonchev–Trinajstić information content (AvgIpc) is 2.68. The Labute approximate surface area is 175 Å². The van der Waals surface area contributed by atoms with Crippen LogP contribution in [0.5, 0.6) is 0 Å². The summed E-state index contributed by atoms with van der Waals surface area (Å²) >= 11 is 0. The lowest BCUT2D eigenvalue weighted by molar-refractivity contribution is -0.130. The molecule has 0 amide bonds. The highest BCUT2D eigenvalue weighted by Gasteiger charge is 2.36. The van der Waals surface area contributed by atoms with E-state index in [0.29, 0.717) is 5.57 Å². The van der Waals surface area contributed by atoms with Gasteiger partial charge in [0.05, 0.1) is 5.57 Å². The molecule has 0 saturated carbocycles. The minimum absolute atomic E-state index is 0.228. The average molecular weight is 389 g/mol. The Morgan fingerprint density at radius 3 is 2.28 bits per heavy atom. The smallest absolute Gasteiger partial charge is 0.336 e. The molecule has 1 N–H and O–H groups in total. The standard InChI is InChI=1S/C27H32O2/c1-26(2)17-18-27(3,4)24-19-20(15-16-23(24)26)11-7-5-10-14-22(25(28)29)21-12-8-6-9-13-21/h5-6,8-10,12-16,19H,7,11,17-18H2,1-4H3,(H,28,29)/b10-5-,22-14+. The summed E-state index contributed by atoms with van der Waals surface area (Å²) < 4.78 is 0. The van der Waals surface area contributed by atoms with E-state index >= 15 is 0 Å². The number of fused-ring (bicyclic) bond motifs is 1.